The Hall–Kier alpha value is -0.930. The molecule has 66 valence electrons. The van der Waals surface area contributed by atoms with Gasteiger partial charge in [0.25, 0.3) is 5.24 Å². The number of fused-ring (bicyclic) bond motifs is 1. The maximum Gasteiger partial charge on any atom is 0.288 e. The fourth-order valence-corrected chi connectivity index (χ4v) is 1.99. The lowest BCUT2D eigenvalue weighted by Gasteiger charge is -2.17. The first-order valence-electron chi connectivity index (χ1n) is 3.64. The molecule has 0 saturated carbocycles. The van der Waals surface area contributed by atoms with Crippen molar-refractivity contribution in [1.82, 2.24) is 0 Å². The Morgan fingerprint density at radius 2 is 2.23 bits per heavy atom. The Kier molecular flexibility index (Phi) is 2.06. The second-order valence-electron chi connectivity index (χ2n) is 2.63. The molecule has 1 aliphatic heterocycles. The molecule has 0 saturated heterocycles. The van der Waals surface area contributed by atoms with Crippen LogP contribution in [0.15, 0.2) is 24.8 Å². The van der Waals surface area contributed by atoms with Gasteiger partial charge in [-0.3, -0.25) is 4.79 Å². The summed E-state index contributed by atoms with van der Waals surface area (Å²) in [5.41, 5.74) is 1.68. The molecule has 13 heavy (non-hydrogen) atoms. The van der Waals surface area contributed by atoms with E-state index in [1.807, 2.05) is 0 Å². The molecule has 0 aliphatic carbocycles. The third kappa shape index (κ3) is 1.57. The Morgan fingerprint density at radius 3 is 3.00 bits per heavy atom. The zero-order chi connectivity index (χ0) is 9.42. The molecule has 4 heteroatoms. The van der Waals surface area contributed by atoms with Gasteiger partial charge >= 0.3 is 0 Å². The second-order valence-corrected chi connectivity index (χ2v) is 4.13. The second kappa shape index (κ2) is 3.09. The lowest BCUT2D eigenvalue weighted by molar-refractivity contribution is 0.270. The summed E-state index contributed by atoms with van der Waals surface area (Å²) in [7, 11) is 0. The molecule has 0 atom stereocenters. The van der Waals surface area contributed by atoms with Crippen molar-refractivity contribution in [1.29, 1.82) is 0 Å². The molecule has 0 spiro atoms. The number of halogens is 1. The molecule has 0 unspecified atom stereocenters. The van der Waals surface area contributed by atoms with E-state index in [0.29, 0.717) is 5.02 Å². The van der Waals surface area contributed by atoms with Crippen LogP contribution in [-0.4, -0.2) is 5.24 Å². The van der Waals surface area contributed by atoms with Crippen LogP contribution in [0.4, 0.5) is 10.5 Å². The number of benzene rings is 1. The summed E-state index contributed by atoms with van der Waals surface area (Å²) in [5, 5.41) is 3.27. The van der Waals surface area contributed by atoms with Crippen molar-refractivity contribution in [2.24, 2.45) is 0 Å². The van der Waals surface area contributed by atoms with Crippen LogP contribution in [0.2, 0.25) is 5.02 Å². The van der Waals surface area contributed by atoms with Crippen molar-refractivity contribution >= 4 is 39.2 Å². The van der Waals surface area contributed by atoms with Gasteiger partial charge in [-0.05, 0) is 30.0 Å². The summed E-state index contributed by atoms with van der Waals surface area (Å²) in [6.07, 6.45) is 0. The minimum Gasteiger partial charge on any atom is -0.316 e. The summed E-state index contributed by atoms with van der Waals surface area (Å²) in [6, 6.07) is 5.32. The lowest BCUT2D eigenvalue weighted by atomic mass is 10.1. The zero-order valence-corrected chi connectivity index (χ0v) is 8.21. The summed E-state index contributed by atoms with van der Waals surface area (Å²) >= 11 is 6.90. The Labute approximate surface area is 85.0 Å². The molecule has 1 N–H and O–H groups in total. The van der Waals surface area contributed by atoms with E-state index in [2.05, 4.69) is 11.9 Å². The number of amides is 1. The van der Waals surface area contributed by atoms with E-state index >= 15 is 0 Å². The molecule has 0 bridgehead atoms. The summed E-state index contributed by atoms with van der Waals surface area (Å²) in [5.74, 6) is 0. The number of hydrogen-bond acceptors (Lipinski definition) is 2. The first kappa shape index (κ1) is 8.66. The van der Waals surface area contributed by atoms with Crippen molar-refractivity contribution in [2.75, 3.05) is 5.32 Å². The molecule has 2 rings (SSSR count). The monoisotopic (exact) mass is 211 g/mol. The topological polar surface area (TPSA) is 29.1 Å². The van der Waals surface area contributed by atoms with Crippen LogP contribution in [0.5, 0.6) is 0 Å². The van der Waals surface area contributed by atoms with Crippen LogP contribution in [0, 0.1) is 0 Å². The first-order chi connectivity index (χ1) is 6.16. The van der Waals surface area contributed by atoms with E-state index in [0.717, 1.165) is 27.9 Å². The number of rotatable bonds is 0. The first-order valence-corrected chi connectivity index (χ1v) is 4.84. The minimum absolute atomic E-state index is 0.0974. The van der Waals surface area contributed by atoms with Gasteiger partial charge in [-0.25, -0.2) is 0 Å². The number of carbonyl (C=O) groups excluding carboxylic acids is 1. The van der Waals surface area contributed by atoms with Crippen LogP contribution in [0.3, 0.4) is 0 Å². The normalized spacial score (nSPS) is 15.2. The van der Waals surface area contributed by atoms with E-state index in [4.69, 9.17) is 11.6 Å². The average molecular weight is 212 g/mol. The SMILES string of the molecule is C=C1SC(=O)Nc2ccc(Cl)cc21. The highest BCUT2D eigenvalue weighted by Gasteiger charge is 2.18. The maximum atomic E-state index is 11.1. The van der Waals surface area contributed by atoms with Crippen molar-refractivity contribution in [3.8, 4) is 0 Å². The molecule has 0 aromatic heterocycles. The number of thioether (sulfide) groups is 1. The van der Waals surface area contributed by atoms with Crippen molar-refractivity contribution in [3.05, 3.63) is 35.4 Å². The summed E-state index contributed by atoms with van der Waals surface area (Å²) in [6.45, 7) is 3.79. The largest absolute Gasteiger partial charge is 0.316 e. The lowest BCUT2D eigenvalue weighted by Crippen LogP contribution is -2.11. The molecule has 1 aromatic carbocycles. The number of hydrogen-bond donors (Lipinski definition) is 1. The van der Waals surface area contributed by atoms with Gasteiger partial charge in [-0.15, -0.1) is 0 Å². The molecular formula is C9H6ClNOS. The molecule has 1 aliphatic rings. The molecule has 2 nitrogen and oxygen atoms in total. The van der Waals surface area contributed by atoms with Gasteiger partial charge in [0.1, 0.15) is 0 Å². The third-order valence-electron chi connectivity index (χ3n) is 1.73. The molecule has 1 heterocycles. The van der Waals surface area contributed by atoms with Crippen molar-refractivity contribution < 1.29 is 4.79 Å². The molecule has 1 amide bonds. The van der Waals surface area contributed by atoms with E-state index in [9.17, 15) is 4.79 Å². The molecule has 0 fully saturated rings. The van der Waals surface area contributed by atoms with Gasteiger partial charge < -0.3 is 5.32 Å². The van der Waals surface area contributed by atoms with Crippen LogP contribution in [0.1, 0.15) is 5.56 Å². The van der Waals surface area contributed by atoms with Gasteiger partial charge in [-0.1, -0.05) is 18.2 Å². The smallest absolute Gasteiger partial charge is 0.288 e. The van der Waals surface area contributed by atoms with E-state index in [-0.39, 0.29) is 5.24 Å². The standard InChI is InChI=1S/C9H6ClNOS/c1-5-7-4-6(10)2-3-8(7)11-9(12)13-5/h2-4H,1H2,(H,11,12). The van der Waals surface area contributed by atoms with E-state index < -0.39 is 0 Å². The van der Waals surface area contributed by atoms with Gasteiger partial charge in [0.15, 0.2) is 0 Å². The van der Waals surface area contributed by atoms with Crippen LogP contribution >= 0.6 is 23.4 Å². The highest BCUT2D eigenvalue weighted by Crippen LogP contribution is 2.38. The highest BCUT2D eigenvalue weighted by atomic mass is 35.5. The molecular weight excluding hydrogens is 206 g/mol. The van der Waals surface area contributed by atoms with Gasteiger partial charge in [-0.2, -0.15) is 0 Å². The maximum absolute atomic E-state index is 11.1. The zero-order valence-electron chi connectivity index (χ0n) is 6.63. The molecule has 1 aromatic rings. The number of nitrogens with one attached hydrogen (secondary N) is 1. The van der Waals surface area contributed by atoms with E-state index in [1.54, 1.807) is 18.2 Å². The fourth-order valence-electron chi connectivity index (χ4n) is 1.16. The Balaban J connectivity index is 2.55. The average Bonchev–Trinajstić information content (AvgIpc) is 2.06. The van der Waals surface area contributed by atoms with Crippen LogP contribution in [0.25, 0.3) is 4.91 Å². The summed E-state index contributed by atoms with van der Waals surface area (Å²) in [4.78, 5) is 11.8. The Bertz CT molecular complexity index is 403. The fraction of sp³-hybridized carbons (Fsp3) is 0. The quantitative estimate of drug-likeness (QED) is 0.711. The van der Waals surface area contributed by atoms with Crippen molar-refractivity contribution in [3.63, 3.8) is 0 Å². The predicted molar refractivity (Wildman–Crippen MR) is 57.1 cm³/mol. The van der Waals surface area contributed by atoms with E-state index in [1.165, 1.54) is 0 Å². The molecule has 0 radical (unpaired) electrons. The predicted octanol–water partition coefficient (Wildman–Crippen LogP) is 3.59. The Morgan fingerprint density at radius 1 is 1.46 bits per heavy atom. The highest BCUT2D eigenvalue weighted by molar-refractivity contribution is 8.21. The minimum atomic E-state index is -0.0974. The van der Waals surface area contributed by atoms with Gasteiger partial charge in [0.05, 0.1) is 0 Å². The van der Waals surface area contributed by atoms with Crippen LogP contribution in [-0.2, 0) is 0 Å². The number of carbonyl (C=O) groups is 1. The van der Waals surface area contributed by atoms with Crippen LogP contribution < -0.4 is 5.32 Å². The summed E-state index contributed by atoms with van der Waals surface area (Å²) < 4.78 is 0. The third-order valence-corrected chi connectivity index (χ3v) is 2.72. The van der Waals surface area contributed by atoms with Gasteiger partial charge in [0, 0.05) is 21.2 Å². The van der Waals surface area contributed by atoms with Gasteiger partial charge in [0.2, 0.25) is 0 Å². The number of anilines is 1. The van der Waals surface area contributed by atoms with Crippen molar-refractivity contribution in [2.45, 2.75) is 0 Å².